The first-order chi connectivity index (χ1) is 16.8. The Morgan fingerprint density at radius 3 is 2.37 bits per heavy atom. The summed E-state index contributed by atoms with van der Waals surface area (Å²) in [5.41, 5.74) is 6.04. The average Bonchev–Trinajstić information content (AvgIpc) is 3.15. The minimum absolute atomic E-state index is 0.0960. The van der Waals surface area contributed by atoms with E-state index in [4.69, 9.17) is 14.2 Å². The average molecular weight is 474 g/mol. The number of hydrogen-bond acceptors (Lipinski definition) is 5. The first kappa shape index (κ1) is 22.9. The summed E-state index contributed by atoms with van der Waals surface area (Å²) in [7, 11) is 0. The molecule has 0 unspecified atom stereocenters. The smallest absolute Gasteiger partial charge is 0.407 e. The number of hydrogen-bond donors (Lipinski definition) is 2. The standard InChI is InChI=1S/C28H27NO6/c1-28(2)34-15-18-13-17(11-12-25(18)35-28)14-24(26(30)31)29-27(32)33-16-23-21-9-5-3-7-19(21)20-8-4-6-10-22(20)23/h3-13,23-24H,14-16H2,1-2H3,(H,29,32)(H,30,31)/t24-/m0/s1. The Kier molecular flexibility index (Phi) is 5.94. The van der Waals surface area contributed by atoms with Crippen LogP contribution in [0.2, 0.25) is 0 Å². The lowest BCUT2D eigenvalue weighted by Crippen LogP contribution is -2.43. The summed E-state index contributed by atoms with van der Waals surface area (Å²) in [4.78, 5) is 24.5. The molecule has 1 heterocycles. The monoisotopic (exact) mass is 473 g/mol. The van der Waals surface area contributed by atoms with Gasteiger partial charge in [0.1, 0.15) is 18.4 Å². The number of carboxylic acid groups (broad SMARTS) is 1. The Bertz CT molecular complexity index is 1240. The predicted octanol–water partition coefficient (Wildman–Crippen LogP) is 4.87. The molecule has 0 aromatic heterocycles. The van der Waals surface area contributed by atoms with Gasteiger partial charge in [0.05, 0.1) is 6.61 Å². The molecule has 3 aromatic rings. The van der Waals surface area contributed by atoms with Gasteiger partial charge in [0, 0.05) is 31.7 Å². The molecule has 35 heavy (non-hydrogen) atoms. The lowest BCUT2D eigenvalue weighted by Gasteiger charge is -2.32. The molecule has 2 N–H and O–H groups in total. The molecule has 0 saturated heterocycles. The van der Waals surface area contributed by atoms with Gasteiger partial charge in [-0.15, -0.1) is 0 Å². The lowest BCUT2D eigenvalue weighted by atomic mass is 9.98. The van der Waals surface area contributed by atoms with E-state index in [-0.39, 0.29) is 18.9 Å². The molecule has 1 aliphatic carbocycles. The lowest BCUT2D eigenvalue weighted by molar-refractivity contribution is -0.180. The molecule has 0 bridgehead atoms. The molecule has 2 aliphatic rings. The van der Waals surface area contributed by atoms with E-state index in [1.54, 1.807) is 12.1 Å². The van der Waals surface area contributed by atoms with E-state index in [9.17, 15) is 14.7 Å². The van der Waals surface area contributed by atoms with Crippen LogP contribution in [-0.4, -0.2) is 35.6 Å². The molecule has 0 radical (unpaired) electrons. The van der Waals surface area contributed by atoms with Crippen molar-refractivity contribution < 1.29 is 28.9 Å². The van der Waals surface area contributed by atoms with Crippen LogP contribution in [0.3, 0.4) is 0 Å². The molecule has 0 saturated carbocycles. The third kappa shape index (κ3) is 4.72. The molecule has 7 nitrogen and oxygen atoms in total. The van der Waals surface area contributed by atoms with Crippen molar-refractivity contribution in [3.63, 3.8) is 0 Å². The maximum Gasteiger partial charge on any atom is 0.407 e. The van der Waals surface area contributed by atoms with Gasteiger partial charge in [-0.2, -0.15) is 0 Å². The van der Waals surface area contributed by atoms with E-state index in [1.165, 1.54) is 0 Å². The number of carbonyl (C=O) groups excluding carboxylic acids is 1. The molecule has 3 aromatic carbocycles. The third-order valence-electron chi connectivity index (χ3n) is 6.43. The van der Waals surface area contributed by atoms with Crippen LogP contribution in [0.1, 0.15) is 42.0 Å². The second-order valence-electron chi connectivity index (χ2n) is 9.30. The van der Waals surface area contributed by atoms with Crippen molar-refractivity contribution in [2.45, 2.75) is 44.6 Å². The summed E-state index contributed by atoms with van der Waals surface area (Å²) in [5, 5.41) is 12.2. The van der Waals surface area contributed by atoms with E-state index in [0.29, 0.717) is 12.4 Å². The number of amides is 1. The third-order valence-corrected chi connectivity index (χ3v) is 6.43. The van der Waals surface area contributed by atoms with Crippen LogP contribution in [0.25, 0.3) is 11.1 Å². The van der Waals surface area contributed by atoms with Gasteiger partial charge in [-0.05, 0) is 39.9 Å². The molecule has 7 heteroatoms. The van der Waals surface area contributed by atoms with Crippen LogP contribution in [0.15, 0.2) is 66.7 Å². The molecule has 180 valence electrons. The first-order valence-corrected chi connectivity index (χ1v) is 11.6. The van der Waals surface area contributed by atoms with Crippen molar-refractivity contribution in [1.82, 2.24) is 5.32 Å². The fourth-order valence-electron chi connectivity index (χ4n) is 4.74. The number of aliphatic carboxylic acids is 1. The summed E-state index contributed by atoms with van der Waals surface area (Å²) in [6.45, 7) is 4.16. The maximum absolute atomic E-state index is 12.6. The highest BCUT2D eigenvalue weighted by molar-refractivity contribution is 5.81. The van der Waals surface area contributed by atoms with Crippen molar-refractivity contribution in [3.8, 4) is 16.9 Å². The van der Waals surface area contributed by atoms with E-state index < -0.39 is 23.9 Å². The normalized spacial score (nSPS) is 16.3. The number of carboxylic acids is 1. The number of alkyl carbamates (subject to hydrolysis) is 1. The zero-order chi connectivity index (χ0) is 24.6. The zero-order valence-corrected chi connectivity index (χ0v) is 19.6. The molecular formula is C28H27NO6. The Morgan fingerprint density at radius 1 is 1.06 bits per heavy atom. The molecule has 1 atom stereocenters. The van der Waals surface area contributed by atoms with Gasteiger partial charge >= 0.3 is 12.1 Å². The van der Waals surface area contributed by atoms with Crippen LogP contribution in [-0.2, 0) is 27.3 Å². The highest BCUT2D eigenvalue weighted by Crippen LogP contribution is 2.44. The quantitative estimate of drug-likeness (QED) is 0.531. The summed E-state index contributed by atoms with van der Waals surface area (Å²) < 4.78 is 17.0. The van der Waals surface area contributed by atoms with E-state index in [2.05, 4.69) is 17.4 Å². The van der Waals surface area contributed by atoms with Crippen molar-refractivity contribution in [3.05, 3.63) is 89.0 Å². The van der Waals surface area contributed by atoms with Crippen LogP contribution >= 0.6 is 0 Å². The van der Waals surface area contributed by atoms with E-state index in [0.717, 1.165) is 33.4 Å². The van der Waals surface area contributed by atoms with Crippen LogP contribution in [0.4, 0.5) is 4.79 Å². The number of rotatable bonds is 6. The van der Waals surface area contributed by atoms with Gasteiger partial charge in [0.25, 0.3) is 0 Å². The van der Waals surface area contributed by atoms with Gasteiger partial charge in [0.15, 0.2) is 0 Å². The number of benzene rings is 3. The minimum atomic E-state index is -1.13. The molecule has 0 fully saturated rings. The predicted molar refractivity (Wildman–Crippen MR) is 129 cm³/mol. The van der Waals surface area contributed by atoms with Crippen LogP contribution < -0.4 is 10.1 Å². The number of nitrogens with one attached hydrogen (secondary N) is 1. The van der Waals surface area contributed by atoms with Crippen molar-refractivity contribution in [2.75, 3.05) is 6.61 Å². The fourth-order valence-corrected chi connectivity index (χ4v) is 4.74. The molecule has 5 rings (SSSR count). The van der Waals surface area contributed by atoms with Gasteiger partial charge < -0.3 is 24.6 Å². The van der Waals surface area contributed by atoms with Crippen molar-refractivity contribution >= 4 is 12.1 Å². The van der Waals surface area contributed by atoms with Crippen LogP contribution in [0, 0.1) is 0 Å². The topological polar surface area (TPSA) is 94.1 Å². The maximum atomic E-state index is 12.6. The Balaban J connectivity index is 1.24. The molecule has 1 aliphatic heterocycles. The molecule has 1 amide bonds. The van der Waals surface area contributed by atoms with Gasteiger partial charge in [-0.1, -0.05) is 54.6 Å². The zero-order valence-electron chi connectivity index (χ0n) is 19.6. The second-order valence-corrected chi connectivity index (χ2v) is 9.30. The summed E-state index contributed by atoms with van der Waals surface area (Å²) >= 11 is 0. The Labute approximate surface area is 203 Å². The second kappa shape index (κ2) is 9.07. The van der Waals surface area contributed by atoms with Gasteiger partial charge in [-0.25, -0.2) is 9.59 Å². The first-order valence-electron chi connectivity index (χ1n) is 11.6. The Hall–Kier alpha value is -3.84. The van der Waals surface area contributed by atoms with E-state index in [1.807, 2.05) is 56.3 Å². The highest BCUT2D eigenvalue weighted by atomic mass is 16.7. The molecular weight excluding hydrogens is 446 g/mol. The summed E-state index contributed by atoms with van der Waals surface area (Å²) in [6, 6.07) is 20.4. The van der Waals surface area contributed by atoms with Gasteiger partial charge in [-0.3, -0.25) is 0 Å². The van der Waals surface area contributed by atoms with E-state index >= 15 is 0 Å². The van der Waals surface area contributed by atoms with Crippen LogP contribution in [0.5, 0.6) is 5.75 Å². The summed E-state index contributed by atoms with van der Waals surface area (Å²) in [5.74, 6) is -1.23. The number of carbonyl (C=O) groups is 2. The SMILES string of the molecule is CC1(C)OCc2cc(C[C@H](NC(=O)OCC3c4ccccc4-c4ccccc43)C(=O)O)ccc2O1. The van der Waals surface area contributed by atoms with Crippen molar-refractivity contribution in [2.24, 2.45) is 0 Å². The van der Waals surface area contributed by atoms with Gasteiger partial charge in [0.2, 0.25) is 5.79 Å². The summed E-state index contributed by atoms with van der Waals surface area (Å²) in [6.07, 6.45) is -0.651. The minimum Gasteiger partial charge on any atom is -0.480 e. The largest absolute Gasteiger partial charge is 0.480 e. The fraction of sp³-hybridized carbons (Fsp3) is 0.286. The molecule has 0 spiro atoms. The number of fused-ring (bicyclic) bond motifs is 4. The number of ether oxygens (including phenoxy) is 3. The highest BCUT2D eigenvalue weighted by Gasteiger charge is 2.30. The van der Waals surface area contributed by atoms with Crippen molar-refractivity contribution in [1.29, 1.82) is 0 Å². The Morgan fingerprint density at radius 2 is 1.71 bits per heavy atom.